The van der Waals surface area contributed by atoms with Crippen LogP contribution in [0.4, 0.5) is 0 Å². The Morgan fingerprint density at radius 1 is 0.722 bits per heavy atom. The number of rotatable bonds is 2. The monoisotopic (exact) mass is 385 g/mol. The molecule has 0 saturated heterocycles. The average molecular weight is 386 g/mol. The zero-order valence-electron chi connectivity index (χ0n) is 10.3. The zero-order chi connectivity index (χ0) is 8.32. The summed E-state index contributed by atoms with van der Waals surface area (Å²) in [7, 11) is 6.60. The topological polar surface area (TPSA) is 0 Å². The largest absolute Gasteiger partial charge is 5.00 e. The SMILES string of the molecule is C[N+](C)(C)Cc1ccccc1.[F-].[F-].[F-].[F-].[F-].[F-].[Sb+5]. The number of benzene rings is 1. The summed E-state index contributed by atoms with van der Waals surface area (Å²) in [6.07, 6.45) is 0. The summed E-state index contributed by atoms with van der Waals surface area (Å²) in [5.74, 6) is 0. The minimum Gasteiger partial charge on any atom is -1.00 e. The normalized spacial score (nSPS) is 7.06. The molecule has 0 fully saturated rings. The molecule has 0 aliphatic rings. The Balaban J connectivity index is -0.0000000346. The fraction of sp³-hybridized carbons (Fsp3) is 0.400. The van der Waals surface area contributed by atoms with Gasteiger partial charge in [-0.1, -0.05) is 30.3 Å². The van der Waals surface area contributed by atoms with E-state index < -0.39 is 0 Å². The van der Waals surface area contributed by atoms with Crippen molar-refractivity contribution in [2.24, 2.45) is 0 Å². The first-order valence-corrected chi connectivity index (χ1v) is 3.92. The van der Waals surface area contributed by atoms with Crippen molar-refractivity contribution >= 4 is 24.4 Å². The van der Waals surface area contributed by atoms with Crippen LogP contribution >= 0.6 is 0 Å². The fourth-order valence-electron chi connectivity index (χ4n) is 1.13. The molecular weight excluding hydrogens is 370 g/mol. The third kappa shape index (κ3) is 20.9. The standard InChI is InChI=1S/C10H16N.6FH.Sb/c1-11(2,3)9-10-7-5-4-6-8-10;;;;;;;/h4-8H,9H2,1-3H3;6*1H;/q+1;;;;;;;+5/p-6. The molecule has 0 N–H and O–H groups in total. The molecule has 108 valence electrons. The van der Waals surface area contributed by atoms with Crippen molar-refractivity contribution in [3.05, 3.63) is 35.9 Å². The summed E-state index contributed by atoms with van der Waals surface area (Å²) in [6, 6.07) is 10.6. The van der Waals surface area contributed by atoms with E-state index in [9.17, 15) is 0 Å². The third-order valence-electron chi connectivity index (χ3n) is 1.50. The van der Waals surface area contributed by atoms with Crippen molar-refractivity contribution in [1.82, 2.24) is 0 Å². The van der Waals surface area contributed by atoms with Crippen LogP contribution in [0.15, 0.2) is 30.3 Å². The van der Waals surface area contributed by atoms with Gasteiger partial charge in [-0.15, -0.1) is 0 Å². The van der Waals surface area contributed by atoms with Crippen molar-refractivity contribution in [2.75, 3.05) is 21.1 Å². The summed E-state index contributed by atoms with van der Waals surface area (Å²) < 4.78 is 0.990. The molecule has 1 nitrogen and oxygen atoms in total. The van der Waals surface area contributed by atoms with Crippen LogP contribution < -0.4 is 28.2 Å². The molecule has 0 aliphatic carbocycles. The molecule has 1 rings (SSSR count). The molecule has 8 heteroatoms. The Labute approximate surface area is 121 Å². The quantitative estimate of drug-likeness (QED) is 0.269. The first kappa shape index (κ1) is 43.2. The Kier molecular flexibility index (Phi) is 45.4. The molecular formula is C10H16F6NSb. The molecule has 0 spiro atoms. The minimum atomic E-state index is 0. The van der Waals surface area contributed by atoms with Gasteiger partial charge in [0.1, 0.15) is 6.54 Å². The second-order valence-corrected chi connectivity index (χ2v) is 3.93. The van der Waals surface area contributed by atoms with Gasteiger partial charge < -0.3 is 32.7 Å². The summed E-state index contributed by atoms with van der Waals surface area (Å²) in [6.45, 7) is 1.10. The van der Waals surface area contributed by atoms with E-state index in [1.807, 2.05) is 0 Å². The van der Waals surface area contributed by atoms with Gasteiger partial charge in [-0.3, -0.25) is 0 Å². The van der Waals surface area contributed by atoms with Crippen LogP contribution in [0, 0.1) is 0 Å². The Morgan fingerprint density at radius 2 is 1.06 bits per heavy atom. The molecule has 0 amide bonds. The van der Waals surface area contributed by atoms with Crippen LogP contribution in [-0.4, -0.2) is 50.1 Å². The van der Waals surface area contributed by atoms with Crippen molar-refractivity contribution in [3.63, 3.8) is 0 Å². The number of halogens is 6. The predicted octanol–water partition coefficient (Wildman–Crippen LogP) is -16.5. The van der Waals surface area contributed by atoms with Crippen LogP contribution in [-0.2, 0) is 6.54 Å². The number of quaternary nitrogens is 1. The summed E-state index contributed by atoms with van der Waals surface area (Å²) in [4.78, 5) is 0. The Morgan fingerprint density at radius 3 is 1.33 bits per heavy atom. The van der Waals surface area contributed by atoms with Gasteiger partial charge in [-0.05, 0) is 0 Å². The van der Waals surface area contributed by atoms with E-state index in [4.69, 9.17) is 0 Å². The molecule has 0 aromatic heterocycles. The maximum absolute atomic E-state index is 2.20. The van der Waals surface area contributed by atoms with Gasteiger partial charge in [0.25, 0.3) is 0 Å². The molecule has 0 heterocycles. The van der Waals surface area contributed by atoms with Crippen molar-refractivity contribution in [1.29, 1.82) is 0 Å². The van der Waals surface area contributed by atoms with Gasteiger partial charge in [0, 0.05) is 5.56 Å². The maximum Gasteiger partial charge on any atom is 5.00 e. The third-order valence-corrected chi connectivity index (χ3v) is 1.50. The van der Waals surface area contributed by atoms with E-state index in [-0.39, 0.29) is 52.7 Å². The predicted molar refractivity (Wildman–Crippen MR) is 53.9 cm³/mol. The Hall–Kier alpha value is -0.422. The first-order valence-electron chi connectivity index (χ1n) is 3.92. The molecule has 0 bridgehead atoms. The van der Waals surface area contributed by atoms with Gasteiger partial charge in [0.15, 0.2) is 0 Å². The summed E-state index contributed by atoms with van der Waals surface area (Å²) in [5, 5.41) is 0. The van der Waals surface area contributed by atoms with E-state index in [1.165, 1.54) is 5.56 Å². The molecule has 0 radical (unpaired) electrons. The molecule has 1 aromatic rings. The molecule has 1 aromatic carbocycles. The van der Waals surface area contributed by atoms with E-state index >= 15 is 0 Å². The van der Waals surface area contributed by atoms with E-state index in [0.717, 1.165) is 11.0 Å². The number of hydrogen-bond donors (Lipinski definition) is 0. The van der Waals surface area contributed by atoms with Crippen molar-refractivity contribution in [3.8, 4) is 0 Å². The Bertz CT molecular complexity index is 230. The minimum absolute atomic E-state index is 0. The van der Waals surface area contributed by atoms with Gasteiger partial charge >= 0.3 is 24.4 Å². The zero-order valence-corrected chi connectivity index (χ0v) is 12.8. The van der Waals surface area contributed by atoms with E-state index in [1.54, 1.807) is 0 Å². The second-order valence-electron chi connectivity index (χ2n) is 3.93. The molecule has 18 heavy (non-hydrogen) atoms. The van der Waals surface area contributed by atoms with Crippen molar-refractivity contribution in [2.45, 2.75) is 6.54 Å². The molecule has 0 unspecified atom stereocenters. The van der Waals surface area contributed by atoms with Crippen LogP contribution in [0.3, 0.4) is 0 Å². The van der Waals surface area contributed by atoms with Crippen LogP contribution in [0.2, 0.25) is 0 Å². The summed E-state index contributed by atoms with van der Waals surface area (Å²) >= 11 is 0. The number of nitrogens with zero attached hydrogens (tertiary/aromatic N) is 1. The van der Waals surface area contributed by atoms with Crippen LogP contribution in [0.25, 0.3) is 0 Å². The first-order chi connectivity index (χ1) is 5.08. The van der Waals surface area contributed by atoms with Gasteiger partial charge in [0.05, 0.1) is 21.1 Å². The molecule has 0 atom stereocenters. The van der Waals surface area contributed by atoms with Gasteiger partial charge in [-0.2, -0.15) is 0 Å². The van der Waals surface area contributed by atoms with Crippen LogP contribution in [0.1, 0.15) is 5.56 Å². The van der Waals surface area contributed by atoms with Crippen molar-refractivity contribution < 1.29 is 32.7 Å². The number of hydrogen-bond acceptors (Lipinski definition) is 0. The molecule has 0 aliphatic heterocycles. The van der Waals surface area contributed by atoms with Gasteiger partial charge in [-0.25, -0.2) is 0 Å². The fourth-order valence-corrected chi connectivity index (χ4v) is 1.13. The van der Waals surface area contributed by atoms with E-state index in [2.05, 4.69) is 51.5 Å². The van der Waals surface area contributed by atoms with Gasteiger partial charge in [0.2, 0.25) is 0 Å². The second kappa shape index (κ2) is 18.9. The average Bonchev–Trinajstić information content (AvgIpc) is 1.85. The summed E-state index contributed by atoms with van der Waals surface area (Å²) in [5.41, 5.74) is 1.40. The molecule has 0 saturated carbocycles. The smallest absolute Gasteiger partial charge is 1.00 e. The van der Waals surface area contributed by atoms with E-state index in [0.29, 0.717) is 0 Å². The van der Waals surface area contributed by atoms with Crippen LogP contribution in [0.5, 0.6) is 0 Å². The maximum atomic E-state index is 2.20.